The Hall–Kier alpha value is -2.48. The maximum absolute atomic E-state index is 13.6. The molecule has 1 aromatic carbocycles. The van der Waals surface area contributed by atoms with Crippen molar-refractivity contribution in [3.8, 4) is 0 Å². The summed E-state index contributed by atoms with van der Waals surface area (Å²) in [5.74, 6) is -1.19. The summed E-state index contributed by atoms with van der Waals surface area (Å²) in [7, 11) is 0. The summed E-state index contributed by atoms with van der Waals surface area (Å²) in [4.78, 5) is 16.0. The van der Waals surface area contributed by atoms with Crippen LogP contribution in [0, 0.1) is 11.7 Å². The Labute approximate surface area is 154 Å². The normalized spacial score (nSPS) is 19.9. The molecule has 1 saturated heterocycles. The van der Waals surface area contributed by atoms with Gasteiger partial charge in [-0.05, 0) is 29.7 Å². The van der Waals surface area contributed by atoms with Crippen molar-refractivity contribution in [3.63, 3.8) is 0 Å². The van der Waals surface area contributed by atoms with Gasteiger partial charge in [-0.3, -0.25) is 9.78 Å². The average molecular weight is 381 g/mol. The van der Waals surface area contributed by atoms with Gasteiger partial charge in [-0.2, -0.15) is 13.2 Å². The van der Waals surface area contributed by atoms with Gasteiger partial charge in [0.15, 0.2) is 0 Å². The predicted molar refractivity (Wildman–Crippen MR) is 91.5 cm³/mol. The van der Waals surface area contributed by atoms with Crippen LogP contribution in [0.4, 0.5) is 17.6 Å². The molecule has 2 heterocycles. The van der Waals surface area contributed by atoms with Gasteiger partial charge in [-0.1, -0.05) is 24.3 Å². The molecule has 0 bridgehead atoms. The minimum atomic E-state index is -4.49. The number of nitrogens with zero attached hydrogens (tertiary/aromatic N) is 1. The van der Waals surface area contributed by atoms with Gasteiger partial charge in [0.2, 0.25) is 5.91 Å². The molecule has 3 rings (SSSR count). The molecule has 27 heavy (non-hydrogen) atoms. The van der Waals surface area contributed by atoms with Gasteiger partial charge in [0.05, 0.1) is 5.92 Å². The first-order valence-electron chi connectivity index (χ1n) is 8.61. The van der Waals surface area contributed by atoms with Crippen LogP contribution in [0.2, 0.25) is 0 Å². The molecule has 8 heteroatoms. The number of halogens is 4. The molecule has 0 unspecified atom stereocenters. The van der Waals surface area contributed by atoms with Crippen molar-refractivity contribution in [1.82, 2.24) is 15.6 Å². The molecular weight excluding hydrogens is 362 g/mol. The van der Waals surface area contributed by atoms with Crippen molar-refractivity contribution in [1.29, 1.82) is 0 Å². The lowest BCUT2D eigenvalue weighted by atomic mass is 9.89. The van der Waals surface area contributed by atoms with Crippen LogP contribution in [-0.4, -0.2) is 30.5 Å². The van der Waals surface area contributed by atoms with E-state index in [4.69, 9.17) is 0 Å². The molecule has 2 N–H and O–H groups in total. The molecule has 4 nitrogen and oxygen atoms in total. The van der Waals surface area contributed by atoms with E-state index < -0.39 is 17.8 Å². The zero-order valence-electron chi connectivity index (χ0n) is 14.4. The highest BCUT2D eigenvalue weighted by Gasteiger charge is 2.36. The molecule has 144 valence electrons. The van der Waals surface area contributed by atoms with E-state index in [2.05, 4.69) is 15.6 Å². The molecule has 1 aliphatic rings. The zero-order valence-corrected chi connectivity index (χ0v) is 14.4. The second-order valence-corrected chi connectivity index (χ2v) is 6.48. The number of hydrogen-bond acceptors (Lipinski definition) is 3. The Morgan fingerprint density at radius 2 is 1.96 bits per heavy atom. The quantitative estimate of drug-likeness (QED) is 0.784. The Morgan fingerprint density at radius 3 is 2.63 bits per heavy atom. The lowest BCUT2D eigenvalue weighted by Crippen LogP contribution is -2.35. The molecular formula is C19H19F4N3O. The fraction of sp³-hybridized carbons (Fsp3) is 0.368. The second-order valence-electron chi connectivity index (χ2n) is 6.48. The number of alkyl halides is 3. The predicted octanol–water partition coefficient (Wildman–Crippen LogP) is 2.90. The molecule has 0 aliphatic carbocycles. The minimum Gasteiger partial charge on any atom is -0.355 e. The van der Waals surface area contributed by atoms with Crippen LogP contribution in [0.1, 0.15) is 22.7 Å². The fourth-order valence-corrected chi connectivity index (χ4v) is 3.25. The largest absolute Gasteiger partial charge is 0.433 e. The number of pyridine rings is 1. The maximum atomic E-state index is 13.6. The summed E-state index contributed by atoms with van der Waals surface area (Å²) in [6.07, 6.45) is -2.94. The minimum absolute atomic E-state index is 0.207. The number of hydrogen-bond donors (Lipinski definition) is 2. The van der Waals surface area contributed by atoms with E-state index in [0.29, 0.717) is 30.6 Å². The molecule has 0 radical (unpaired) electrons. The first-order valence-corrected chi connectivity index (χ1v) is 8.61. The van der Waals surface area contributed by atoms with Crippen LogP contribution >= 0.6 is 0 Å². The highest BCUT2D eigenvalue weighted by atomic mass is 19.4. The summed E-state index contributed by atoms with van der Waals surface area (Å²) in [6.45, 7) is 1.20. The number of nitrogens with one attached hydrogen (secondary N) is 2. The maximum Gasteiger partial charge on any atom is 0.433 e. The summed E-state index contributed by atoms with van der Waals surface area (Å²) >= 11 is 0. The van der Waals surface area contributed by atoms with Gasteiger partial charge >= 0.3 is 6.18 Å². The Balaban J connectivity index is 1.60. The van der Waals surface area contributed by atoms with E-state index in [-0.39, 0.29) is 24.2 Å². The van der Waals surface area contributed by atoms with E-state index in [1.54, 1.807) is 18.2 Å². The van der Waals surface area contributed by atoms with Gasteiger partial charge in [0.25, 0.3) is 0 Å². The summed E-state index contributed by atoms with van der Waals surface area (Å²) in [6, 6.07) is 8.66. The molecule has 0 saturated carbocycles. The van der Waals surface area contributed by atoms with Crippen LogP contribution in [0.15, 0.2) is 42.6 Å². The van der Waals surface area contributed by atoms with Crippen molar-refractivity contribution in [2.24, 2.45) is 5.92 Å². The molecule has 0 spiro atoms. The first kappa shape index (κ1) is 19.3. The van der Waals surface area contributed by atoms with Gasteiger partial charge in [0.1, 0.15) is 11.5 Å². The zero-order chi connectivity index (χ0) is 19.4. The molecule has 1 amide bonds. The lowest BCUT2D eigenvalue weighted by molar-refractivity contribution is -0.141. The number of amides is 1. The van der Waals surface area contributed by atoms with Crippen LogP contribution < -0.4 is 10.6 Å². The first-order chi connectivity index (χ1) is 12.9. The molecule has 1 aliphatic heterocycles. The average Bonchev–Trinajstić information content (AvgIpc) is 3.12. The summed E-state index contributed by atoms with van der Waals surface area (Å²) < 4.78 is 51.5. The topological polar surface area (TPSA) is 54.0 Å². The lowest BCUT2D eigenvalue weighted by Gasteiger charge is -2.19. The SMILES string of the molecule is O=C(NCCc1ccccc1F)[C@@H]1CNC[C@H]1c1ccc(C(F)(F)F)nc1. The number of carbonyl (C=O) groups is 1. The number of carbonyl (C=O) groups excluding carboxylic acids is 1. The van der Waals surface area contributed by atoms with Crippen LogP contribution in [0.5, 0.6) is 0 Å². The van der Waals surface area contributed by atoms with Crippen molar-refractivity contribution in [2.75, 3.05) is 19.6 Å². The van der Waals surface area contributed by atoms with Crippen LogP contribution in [0.25, 0.3) is 0 Å². The van der Waals surface area contributed by atoms with E-state index in [0.717, 1.165) is 6.07 Å². The van der Waals surface area contributed by atoms with Crippen molar-refractivity contribution in [3.05, 3.63) is 65.2 Å². The molecule has 1 fully saturated rings. The third-order valence-corrected chi connectivity index (χ3v) is 4.71. The van der Waals surface area contributed by atoms with E-state index in [1.807, 2.05) is 0 Å². The monoisotopic (exact) mass is 381 g/mol. The van der Waals surface area contributed by atoms with Crippen LogP contribution in [0.3, 0.4) is 0 Å². The Morgan fingerprint density at radius 1 is 1.19 bits per heavy atom. The molecule has 2 atom stereocenters. The van der Waals surface area contributed by atoms with Crippen molar-refractivity contribution in [2.45, 2.75) is 18.5 Å². The van der Waals surface area contributed by atoms with Crippen molar-refractivity contribution >= 4 is 5.91 Å². The molecule has 1 aromatic heterocycles. The Bertz CT molecular complexity index is 792. The van der Waals surface area contributed by atoms with Gasteiger partial charge in [-0.15, -0.1) is 0 Å². The Kier molecular flexibility index (Phi) is 5.74. The fourth-order valence-electron chi connectivity index (χ4n) is 3.25. The standard InChI is InChI=1S/C19H19F4N3O/c20-16-4-2-1-3-12(16)7-8-25-18(27)15-11-24-10-14(15)13-5-6-17(26-9-13)19(21,22)23/h1-6,9,14-15,24H,7-8,10-11H2,(H,25,27)/t14-,15+/m0/s1. The van der Waals surface area contributed by atoms with Crippen LogP contribution in [-0.2, 0) is 17.4 Å². The third kappa shape index (κ3) is 4.63. The third-order valence-electron chi connectivity index (χ3n) is 4.71. The van der Waals surface area contributed by atoms with Crippen molar-refractivity contribution < 1.29 is 22.4 Å². The number of rotatable bonds is 5. The second kappa shape index (κ2) is 8.04. The van der Waals surface area contributed by atoms with Gasteiger partial charge in [-0.25, -0.2) is 4.39 Å². The summed E-state index contributed by atoms with van der Waals surface area (Å²) in [5, 5.41) is 5.88. The summed E-state index contributed by atoms with van der Waals surface area (Å²) in [5.41, 5.74) is 0.149. The van der Waals surface area contributed by atoms with E-state index >= 15 is 0 Å². The number of aromatic nitrogens is 1. The highest BCUT2D eigenvalue weighted by molar-refractivity contribution is 5.80. The highest BCUT2D eigenvalue weighted by Crippen LogP contribution is 2.31. The van der Waals surface area contributed by atoms with Gasteiger partial charge in [0, 0.05) is 31.7 Å². The number of benzene rings is 1. The van der Waals surface area contributed by atoms with Gasteiger partial charge < -0.3 is 10.6 Å². The van der Waals surface area contributed by atoms with E-state index in [9.17, 15) is 22.4 Å². The molecule has 2 aromatic rings. The smallest absolute Gasteiger partial charge is 0.355 e. The van der Waals surface area contributed by atoms with E-state index in [1.165, 1.54) is 18.3 Å².